The Hall–Kier alpha value is 0.250. The summed E-state index contributed by atoms with van der Waals surface area (Å²) in [4.78, 5) is 0. The first-order valence-electron chi connectivity index (χ1n) is 4.98. The van der Waals surface area contributed by atoms with Gasteiger partial charge in [0, 0.05) is 12.5 Å². The fraction of sp³-hybridized carbons (Fsp3) is 1.00. The van der Waals surface area contributed by atoms with Crippen LogP contribution in [0.3, 0.4) is 0 Å². The molecule has 0 saturated heterocycles. The Morgan fingerprint density at radius 2 is 1.67 bits per heavy atom. The lowest BCUT2D eigenvalue weighted by Gasteiger charge is -2.06. The summed E-state index contributed by atoms with van der Waals surface area (Å²) in [6.07, 6.45) is 7.42. The van der Waals surface area contributed by atoms with Gasteiger partial charge in [0.1, 0.15) is 0 Å². The Labute approximate surface area is 81.1 Å². The monoisotopic (exact) mass is 192 g/mol. The van der Waals surface area contributed by atoms with Crippen LogP contribution in [0.2, 0.25) is 0 Å². The topological polar surface area (TPSA) is 20.2 Å². The summed E-state index contributed by atoms with van der Waals surface area (Å²) < 4.78 is 0. The van der Waals surface area contributed by atoms with Gasteiger partial charge in [-0.1, -0.05) is 32.6 Å². The zero-order valence-electron chi connectivity index (χ0n) is 8.06. The molecule has 0 amide bonds. The highest BCUT2D eigenvalue weighted by molar-refractivity contribution is 6.17. The zero-order valence-corrected chi connectivity index (χ0v) is 8.82. The van der Waals surface area contributed by atoms with Crippen molar-refractivity contribution in [1.82, 2.24) is 0 Å². The van der Waals surface area contributed by atoms with E-state index in [2.05, 4.69) is 6.92 Å². The molecule has 0 saturated carbocycles. The molecule has 0 heterocycles. The van der Waals surface area contributed by atoms with E-state index in [-0.39, 0.29) is 0 Å². The van der Waals surface area contributed by atoms with Gasteiger partial charge in [-0.15, -0.1) is 11.6 Å². The second-order valence-corrected chi connectivity index (χ2v) is 3.91. The fourth-order valence-electron chi connectivity index (χ4n) is 1.21. The maximum atomic E-state index is 8.76. The van der Waals surface area contributed by atoms with E-state index < -0.39 is 0 Å². The third-order valence-corrected chi connectivity index (χ3v) is 2.41. The molecule has 0 radical (unpaired) electrons. The van der Waals surface area contributed by atoms with Crippen LogP contribution in [-0.2, 0) is 0 Å². The molecule has 0 aromatic rings. The van der Waals surface area contributed by atoms with Gasteiger partial charge < -0.3 is 5.11 Å². The second kappa shape index (κ2) is 9.34. The number of aliphatic hydroxyl groups excluding tert-OH is 1. The van der Waals surface area contributed by atoms with Crippen LogP contribution in [0.25, 0.3) is 0 Å². The van der Waals surface area contributed by atoms with Gasteiger partial charge in [-0.05, 0) is 18.8 Å². The van der Waals surface area contributed by atoms with E-state index in [1.807, 2.05) is 0 Å². The van der Waals surface area contributed by atoms with Crippen molar-refractivity contribution in [2.24, 2.45) is 5.92 Å². The van der Waals surface area contributed by atoms with E-state index in [4.69, 9.17) is 16.7 Å². The van der Waals surface area contributed by atoms with E-state index in [1.165, 1.54) is 25.7 Å². The van der Waals surface area contributed by atoms with Crippen molar-refractivity contribution in [2.75, 3.05) is 12.5 Å². The molecular weight excluding hydrogens is 172 g/mol. The fourth-order valence-corrected chi connectivity index (χ4v) is 1.40. The maximum Gasteiger partial charge on any atom is 0.0456 e. The van der Waals surface area contributed by atoms with Gasteiger partial charge in [0.2, 0.25) is 0 Å². The number of alkyl halides is 1. The average molecular weight is 193 g/mol. The second-order valence-electron chi connectivity index (χ2n) is 3.53. The van der Waals surface area contributed by atoms with Crippen LogP contribution >= 0.6 is 11.6 Å². The summed E-state index contributed by atoms with van der Waals surface area (Å²) in [5, 5.41) is 8.76. The summed E-state index contributed by atoms with van der Waals surface area (Å²) in [5.74, 6) is 1.28. The van der Waals surface area contributed by atoms with Crippen molar-refractivity contribution in [3.8, 4) is 0 Å². The van der Waals surface area contributed by atoms with Gasteiger partial charge >= 0.3 is 0 Å². The van der Waals surface area contributed by atoms with Crippen molar-refractivity contribution < 1.29 is 5.11 Å². The predicted molar refractivity (Wildman–Crippen MR) is 54.7 cm³/mol. The van der Waals surface area contributed by atoms with Crippen molar-refractivity contribution >= 4 is 11.6 Å². The van der Waals surface area contributed by atoms with Crippen molar-refractivity contribution in [3.63, 3.8) is 0 Å². The number of aliphatic hydroxyl groups is 1. The predicted octanol–water partition coefficient (Wildman–Crippen LogP) is 3.19. The largest absolute Gasteiger partial charge is 0.396 e. The Kier molecular flexibility index (Phi) is 9.53. The van der Waals surface area contributed by atoms with Crippen molar-refractivity contribution in [1.29, 1.82) is 0 Å². The molecule has 0 spiro atoms. The minimum Gasteiger partial charge on any atom is -0.396 e. The third-order valence-electron chi connectivity index (χ3n) is 2.14. The van der Waals surface area contributed by atoms with Crippen LogP contribution in [0.5, 0.6) is 0 Å². The number of hydrogen-bond donors (Lipinski definition) is 1. The molecule has 0 aliphatic carbocycles. The highest BCUT2D eigenvalue weighted by Crippen LogP contribution is 2.10. The highest BCUT2D eigenvalue weighted by Gasteiger charge is 1.98. The minimum absolute atomic E-state index is 0.335. The van der Waals surface area contributed by atoms with E-state index in [1.54, 1.807) is 0 Å². The van der Waals surface area contributed by atoms with Crippen molar-refractivity contribution in [3.05, 3.63) is 0 Å². The summed E-state index contributed by atoms with van der Waals surface area (Å²) >= 11 is 5.55. The van der Waals surface area contributed by atoms with Crippen LogP contribution in [0.15, 0.2) is 0 Å². The van der Waals surface area contributed by atoms with Gasteiger partial charge in [0.05, 0.1) is 0 Å². The summed E-state index contributed by atoms with van der Waals surface area (Å²) in [7, 11) is 0. The lowest BCUT2D eigenvalue weighted by atomic mass is 10.0. The van der Waals surface area contributed by atoms with Gasteiger partial charge in [0.15, 0.2) is 0 Å². The molecule has 1 N–H and O–H groups in total. The third kappa shape index (κ3) is 8.35. The van der Waals surface area contributed by atoms with Crippen LogP contribution < -0.4 is 0 Å². The van der Waals surface area contributed by atoms with Gasteiger partial charge in [-0.3, -0.25) is 0 Å². The Balaban J connectivity index is 2.90. The van der Waals surface area contributed by atoms with Crippen LogP contribution in [0, 0.1) is 5.92 Å². The van der Waals surface area contributed by atoms with E-state index in [0.717, 1.165) is 18.7 Å². The molecule has 12 heavy (non-hydrogen) atoms. The SMILES string of the molecule is C[C@H](CO)CCCCCCCCl. The lowest BCUT2D eigenvalue weighted by molar-refractivity contribution is 0.227. The molecule has 2 heteroatoms. The van der Waals surface area contributed by atoms with Crippen LogP contribution in [0.1, 0.15) is 45.4 Å². The molecule has 74 valence electrons. The summed E-state index contributed by atoms with van der Waals surface area (Å²) in [6.45, 7) is 2.43. The zero-order chi connectivity index (χ0) is 9.23. The van der Waals surface area contributed by atoms with Gasteiger partial charge in [-0.2, -0.15) is 0 Å². The molecule has 1 nitrogen and oxygen atoms in total. The Morgan fingerprint density at radius 1 is 1.08 bits per heavy atom. The lowest BCUT2D eigenvalue weighted by Crippen LogP contribution is -1.99. The average Bonchev–Trinajstić information content (AvgIpc) is 2.10. The smallest absolute Gasteiger partial charge is 0.0456 e. The van der Waals surface area contributed by atoms with Gasteiger partial charge in [-0.25, -0.2) is 0 Å². The number of hydrogen-bond acceptors (Lipinski definition) is 1. The normalized spacial score (nSPS) is 13.2. The molecule has 0 aromatic heterocycles. The summed E-state index contributed by atoms with van der Waals surface area (Å²) in [6, 6.07) is 0. The molecule has 0 aliphatic rings. The van der Waals surface area contributed by atoms with E-state index in [0.29, 0.717) is 12.5 Å². The first-order valence-corrected chi connectivity index (χ1v) is 5.51. The van der Waals surface area contributed by atoms with Gasteiger partial charge in [0.25, 0.3) is 0 Å². The Bertz CT molecular complexity index is 85.9. The first-order chi connectivity index (χ1) is 5.81. The quantitative estimate of drug-likeness (QED) is 0.463. The molecule has 0 aliphatic heterocycles. The molecule has 1 atom stereocenters. The van der Waals surface area contributed by atoms with Crippen LogP contribution in [0.4, 0.5) is 0 Å². The highest BCUT2D eigenvalue weighted by atomic mass is 35.5. The number of halogens is 1. The molecule has 0 bridgehead atoms. The molecule has 0 rings (SSSR count). The molecule has 0 fully saturated rings. The Morgan fingerprint density at radius 3 is 2.25 bits per heavy atom. The van der Waals surface area contributed by atoms with E-state index in [9.17, 15) is 0 Å². The molecular formula is C10H21ClO. The maximum absolute atomic E-state index is 8.76. The van der Waals surface area contributed by atoms with E-state index >= 15 is 0 Å². The van der Waals surface area contributed by atoms with Crippen molar-refractivity contribution in [2.45, 2.75) is 45.4 Å². The standard InChI is InChI=1S/C10H21ClO/c1-10(9-12)7-5-3-2-4-6-8-11/h10,12H,2-9H2,1H3/t10-/m0/s1. The van der Waals surface area contributed by atoms with Crippen LogP contribution in [-0.4, -0.2) is 17.6 Å². The first kappa shape index (κ1) is 12.2. The summed E-state index contributed by atoms with van der Waals surface area (Å²) in [5.41, 5.74) is 0. The molecule has 0 aromatic carbocycles. The molecule has 0 unspecified atom stereocenters. The number of rotatable bonds is 8. The number of unbranched alkanes of at least 4 members (excludes halogenated alkanes) is 4. The minimum atomic E-state index is 0.335.